The first-order valence-electron chi connectivity index (χ1n) is 28.5. The molecule has 4 saturated heterocycles. The fourth-order valence-corrected chi connectivity index (χ4v) is 12.8. The SMILES string of the molecule is Cc1c(F)cc2[nH]ncc2c1-c1c(C2CC2)cc2c(N3C[C@@H]4C[C@H]3CN4)nc(OC3CCOCC3)nc2c1OCc1ccc(-c2cn([C@H](C(=O)N3C[C@H](O)C[C@H]3C(=O)N[C@@H](CO)c3ccc(-c4ccccc4Cl)cc3)C(C)C)nn2)cc1. The van der Waals surface area contributed by atoms with Gasteiger partial charge in [-0.05, 0) is 84.0 Å². The lowest BCUT2D eigenvalue weighted by Gasteiger charge is -2.31. The van der Waals surface area contributed by atoms with E-state index in [1.807, 2.05) is 93.6 Å². The van der Waals surface area contributed by atoms with Crippen molar-refractivity contribution in [2.24, 2.45) is 5.92 Å². The Kier molecular flexibility index (Phi) is 14.6. The molecule has 7 heterocycles. The highest BCUT2D eigenvalue weighted by Gasteiger charge is 2.44. The van der Waals surface area contributed by atoms with Gasteiger partial charge in [-0.25, -0.2) is 9.07 Å². The Morgan fingerprint density at radius 2 is 1.72 bits per heavy atom. The van der Waals surface area contributed by atoms with Gasteiger partial charge in [0, 0.05) is 89.0 Å². The van der Waals surface area contributed by atoms with E-state index in [1.54, 1.807) is 12.4 Å². The first-order chi connectivity index (χ1) is 39.9. The number of aromatic nitrogens is 7. The van der Waals surface area contributed by atoms with Crippen LogP contribution in [-0.4, -0.2) is 132 Å². The number of β-amino-alcohol motifs (C(OH)–C–C–N with tert-alkyl or cyclic N) is 1. The Morgan fingerprint density at radius 1 is 0.939 bits per heavy atom. The van der Waals surface area contributed by atoms with Gasteiger partial charge in [-0.1, -0.05) is 97.4 Å². The number of fused-ring (bicyclic) bond motifs is 4. The highest BCUT2D eigenvalue weighted by atomic mass is 35.5. The second-order valence-corrected chi connectivity index (χ2v) is 23.3. The maximum Gasteiger partial charge on any atom is 0.319 e. The van der Waals surface area contributed by atoms with Crippen LogP contribution in [-0.2, 0) is 20.9 Å². The molecule has 1 aliphatic carbocycles. The minimum Gasteiger partial charge on any atom is -0.486 e. The van der Waals surface area contributed by atoms with E-state index >= 15 is 4.39 Å². The molecule has 4 aliphatic heterocycles. The average molecular weight is 1130 g/mol. The van der Waals surface area contributed by atoms with Gasteiger partial charge in [0.25, 0.3) is 0 Å². The van der Waals surface area contributed by atoms with Crippen molar-refractivity contribution in [3.05, 3.63) is 130 Å². The van der Waals surface area contributed by atoms with Crippen LogP contribution in [0, 0.1) is 18.7 Å². The van der Waals surface area contributed by atoms with E-state index in [-0.39, 0.29) is 67.9 Å². The van der Waals surface area contributed by atoms with E-state index in [0.29, 0.717) is 63.4 Å². The number of H-pyrrole nitrogens is 1. The molecule has 5 fully saturated rings. The lowest BCUT2D eigenvalue weighted by Crippen LogP contribution is -2.50. The van der Waals surface area contributed by atoms with Crippen LogP contribution in [0.2, 0.25) is 5.02 Å². The number of aliphatic hydroxyl groups excluding tert-OH is 2. The number of rotatable bonds is 17. The number of ether oxygens (including phenoxy) is 3. The summed E-state index contributed by atoms with van der Waals surface area (Å²) in [6, 6.07) is 24.7. The number of aliphatic hydroxyl groups is 2. The zero-order valence-corrected chi connectivity index (χ0v) is 46.7. The quantitative estimate of drug-likeness (QED) is 0.0576. The molecule has 13 rings (SSSR count). The summed E-state index contributed by atoms with van der Waals surface area (Å²) in [5.41, 5.74) is 8.73. The molecule has 8 aromatic rings. The number of likely N-dealkylation sites (tertiary alicyclic amines) is 1. The molecule has 2 bridgehead atoms. The fraction of sp³-hybridized carbons (Fsp3) is 0.403. The number of carbonyl (C=O) groups excluding carboxylic acids is 2. The van der Waals surface area contributed by atoms with Crippen molar-refractivity contribution in [1.29, 1.82) is 0 Å². The minimum atomic E-state index is -0.993. The lowest BCUT2D eigenvalue weighted by molar-refractivity contribution is -0.142. The summed E-state index contributed by atoms with van der Waals surface area (Å²) >= 11 is 6.44. The molecule has 18 nitrogen and oxygen atoms in total. The van der Waals surface area contributed by atoms with Gasteiger partial charge < -0.3 is 44.9 Å². The highest BCUT2D eigenvalue weighted by molar-refractivity contribution is 6.33. The van der Waals surface area contributed by atoms with Gasteiger partial charge in [-0.2, -0.15) is 15.1 Å². The van der Waals surface area contributed by atoms with Crippen LogP contribution in [0.1, 0.15) is 92.6 Å². The third-order valence-corrected chi connectivity index (χ3v) is 17.4. The van der Waals surface area contributed by atoms with Crippen LogP contribution in [0.3, 0.4) is 0 Å². The van der Waals surface area contributed by atoms with Crippen LogP contribution in [0.15, 0.2) is 97.3 Å². The number of carbonyl (C=O) groups is 2. The normalized spacial score (nSPS) is 20.8. The summed E-state index contributed by atoms with van der Waals surface area (Å²) in [6.07, 6.45) is 6.87. The zero-order valence-electron chi connectivity index (χ0n) is 45.9. The number of nitrogens with zero attached hydrogens (tertiary/aromatic N) is 8. The van der Waals surface area contributed by atoms with Gasteiger partial charge in [0.1, 0.15) is 47.6 Å². The first-order valence-corrected chi connectivity index (χ1v) is 28.9. The van der Waals surface area contributed by atoms with Gasteiger partial charge in [-0.3, -0.25) is 14.7 Å². The summed E-state index contributed by atoms with van der Waals surface area (Å²) < 4.78 is 37.2. The smallest absolute Gasteiger partial charge is 0.319 e. The standard InChI is InChI=1S/C62H65ClFN11O7/c1-33(2)57(61(79)74-29-42(77)23-53(74)60(78)67-52(31-76)39-16-14-36(15-17-39)44-6-4-5-7-48(44)63)75-30-51(71-72-75)38-10-8-35(9-11-38)32-81-58-55(54-34(3)49(64)25-50-47(54)27-66-70-50)45(37-12-13-37)24-46-56(58)68-62(82-43-18-20-80-21-19-43)69-59(46)73-28-40-22-41(73)26-65-40/h4-11,14-17,24-25,27,30,33,37,40-43,52-53,57,65,76-77H,12-13,18-23,26,28-29,31-32H2,1-3H3,(H,66,70)(H,67,78)/t40-,41-,42+,52-,53-,57-/m0/s1. The molecular weight excluding hydrogens is 1070 g/mol. The van der Waals surface area contributed by atoms with Crippen LogP contribution in [0.25, 0.3) is 55.3 Å². The average Bonchev–Trinajstić information content (AvgIpc) is 3.31. The maximum absolute atomic E-state index is 16.2. The van der Waals surface area contributed by atoms with Gasteiger partial charge >= 0.3 is 6.01 Å². The van der Waals surface area contributed by atoms with E-state index < -0.39 is 30.1 Å². The Morgan fingerprint density at radius 3 is 2.44 bits per heavy atom. The van der Waals surface area contributed by atoms with Crippen molar-refractivity contribution in [1.82, 2.24) is 50.7 Å². The van der Waals surface area contributed by atoms with Crippen molar-refractivity contribution >= 4 is 51.0 Å². The van der Waals surface area contributed by atoms with Crippen LogP contribution >= 0.6 is 11.6 Å². The van der Waals surface area contributed by atoms with E-state index in [9.17, 15) is 19.8 Å². The van der Waals surface area contributed by atoms with Gasteiger partial charge in [0.2, 0.25) is 11.8 Å². The number of piperazine rings is 1. The van der Waals surface area contributed by atoms with Crippen LogP contribution in [0.4, 0.5) is 10.2 Å². The predicted molar refractivity (Wildman–Crippen MR) is 308 cm³/mol. The topological polar surface area (TPSA) is 218 Å². The molecule has 424 valence electrons. The molecule has 6 atom stereocenters. The number of benzene rings is 5. The second kappa shape index (κ2) is 22.3. The van der Waals surface area contributed by atoms with Crippen molar-refractivity contribution in [3.8, 4) is 45.3 Å². The Labute approximate surface area is 478 Å². The molecular formula is C62H65ClFN11O7. The molecule has 5 aromatic carbocycles. The summed E-state index contributed by atoms with van der Waals surface area (Å²) in [7, 11) is 0. The lowest BCUT2D eigenvalue weighted by atomic mass is 9.88. The zero-order chi connectivity index (χ0) is 56.3. The van der Waals surface area contributed by atoms with E-state index in [4.69, 9.17) is 35.8 Å². The molecule has 3 aromatic heterocycles. The number of hydrogen-bond acceptors (Lipinski definition) is 14. The molecule has 0 unspecified atom stereocenters. The molecule has 5 aliphatic rings. The molecule has 20 heteroatoms. The summed E-state index contributed by atoms with van der Waals surface area (Å²) in [5, 5.41) is 46.6. The summed E-state index contributed by atoms with van der Waals surface area (Å²) in [5.74, 6) is 0.0447. The number of halogens is 2. The predicted octanol–water partition coefficient (Wildman–Crippen LogP) is 8.77. The number of amides is 2. The summed E-state index contributed by atoms with van der Waals surface area (Å²) in [4.78, 5) is 42.9. The Balaban J connectivity index is 0.781. The third-order valence-electron chi connectivity index (χ3n) is 17.1. The number of hydrogen-bond donors (Lipinski definition) is 5. The second-order valence-electron chi connectivity index (χ2n) is 22.9. The molecule has 5 N–H and O–H groups in total. The van der Waals surface area contributed by atoms with Gasteiger partial charge in [0.15, 0.2) is 5.75 Å². The van der Waals surface area contributed by atoms with Crippen LogP contribution < -0.4 is 25.0 Å². The molecule has 82 heavy (non-hydrogen) atoms. The van der Waals surface area contributed by atoms with Crippen molar-refractivity contribution in [3.63, 3.8) is 0 Å². The Hall–Kier alpha value is -7.55. The number of nitrogens with one attached hydrogen (secondary N) is 3. The van der Waals surface area contributed by atoms with Crippen molar-refractivity contribution in [2.75, 3.05) is 44.4 Å². The molecule has 1 saturated carbocycles. The van der Waals surface area contributed by atoms with E-state index in [1.165, 1.54) is 15.6 Å². The monoisotopic (exact) mass is 1130 g/mol. The molecule has 0 radical (unpaired) electrons. The molecule has 2 amide bonds. The van der Waals surface area contributed by atoms with Crippen LogP contribution in [0.5, 0.6) is 11.8 Å². The number of aromatic amines is 1. The fourth-order valence-electron chi connectivity index (χ4n) is 12.6. The summed E-state index contributed by atoms with van der Waals surface area (Å²) in [6.45, 7) is 8.16. The third kappa shape index (κ3) is 10.3. The van der Waals surface area contributed by atoms with E-state index in [0.717, 1.165) is 95.2 Å². The van der Waals surface area contributed by atoms with Crippen molar-refractivity contribution in [2.45, 2.75) is 114 Å². The highest BCUT2D eigenvalue weighted by Crippen LogP contribution is 2.54. The molecule has 0 spiro atoms. The largest absolute Gasteiger partial charge is 0.486 e. The van der Waals surface area contributed by atoms with Gasteiger partial charge in [0.05, 0.1) is 49.9 Å². The van der Waals surface area contributed by atoms with Gasteiger partial charge in [-0.15, -0.1) is 5.10 Å². The van der Waals surface area contributed by atoms with Crippen molar-refractivity contribution < 1.29 is 38.4 Å². The maximum atomic E-state index is 16.2. The first kappa shape index (κ1) is 53.7. The number of anilines is 1. The Bertz CT molecular complexity index is 3700. The minimum absolute atomic E-state index is 0.0327. The van der Waals surface area contributed by atoms with E-state index in [2.05, 4.69) is 42.1 Å².